The zero-order valence-electron chi connectivity index (χ0n) is 12.0. The highest BCUT2D eigenvalue weighted by Crippen LogP contribution is 2.31. The summed E-state index contributed by atoms with van der Waals surface area (Å²) in [5.41, 5.74) is 8.75. The molecule has 1 heterocycles. The molecule has 1 unspecified atom stereocenters. The zero-order valence-corrected chi connectivity index (χ0v) is 14.4. The Kier molecular flexibility index (Phi) is 5.78. The fraction of sp³-hybridized carbons (Fsp3) is 0.375. The van der Waals surface area contributed by atoms with Crippen LogP contribution >= 0.6 is 27.3 Å². The minimum Gasteiger partial charge on any atom is -0.329 e. The van der Waals surface area contributed by atoms with Gasteiger partial charge >= 0.3 is 0 Å². The molecule has 1 aromatic heterocycles. The van der Waals surface area contributed by atoms with Crippen molar-refractivity contribution in [2.45, 2.75) is 26.4 Å². The van der Waals surface area contributed by atoms with Crippen LogP contribution in [-0.2, 0) is 6.54 Å². The molecule has 0 amide bonds. The Morgan fingerprint density at radius 3 is 2.55 bits per heavy atom. The molecule has 2 aromatic rings. The van der Waals surface area contributed by atoms with Crippen LogP contribution in [0, 0.1) is 6.92 Å². The number of aryl methyl sites for hydroxylation is 1. The average molecular weight is 353 g/mol. The maximum atomic E-state index is 6.03. The summed E-state index contributed by atoms with van der Waals surface area (Å²) in [6.45, 7) is 6.95. The number of thiophene rings is 1. The van der Waals surface area contributed by atoms with Gasteiger partial charge < -0.3 is 5.73 Å². The highest BCUT2D eigenvalue weighted by atomic mass is 79.9. The van der Waals surface area contributed by atoms with Crippen molar-refractivity contribution < 1.29 is 0 Å². The van der Waals surface area contributed by atoms with Crippen molar-refractivity contribution in [2.75, 3.05) is 13.1 Å². The summed E-state index contributed by atoms with van der Waals surface area (Å²) in [5.74, 6) is 0. The van der Waals surface area contributed by atoms with Gasteiger partial charge in [-0.1, -0.05) is 31.2 Å². The second kappa shape index (κ2) is 7.36. The van der Waals surface area contributed by atoms with E-state index < -0.39 is 0 Å². The number of hydrogen-bond donors (Lipinski definition) is 1. The van der Waals surface area contributed by atoms with Crippen LogP contribution in [0.3, 0.4) is 0 Å². The largest absolute Gasteiger partial charge is 0.329 e. The highest BCUT2D eigenvalue weighted by molar-refractivity contribution is 9.11. The van der Waals surface area contributed by atoms with Crippen molar-refractivity contribution in [3.05, 3.63) is 56.2 Å². The van der Waals surface area contributed by atoms with Gasteiger partial charge in [-0.15, -0.1) is 11.3 Å². The van der Waals surface area contributed by atoms with E-state index in [1.165, 1.54) is 16.0 Å². The molecule has 0 saturated heterocycles. The van der Waals surface area contributed by atoms with Crippen molar-refractivity contribution in [3.8, 4) is 0 Å². The van der Waals surface area contributed by atoms with Crippen LogP contribution in [0.2, 0.25) is 0 Å². The molecular weight excluding hydrogens is 332 g/mol. The second-order valence-corrected chi connectivity index (χ2v) is 7.38. The van der Waals surface area contributed by atoms with Crippen LogP contribution in [0.25, 0.3) is 0 Å². The van der Waals surface area contributed by atoms with E-state index >= 15 is 0 Å². The third-order valence-electron chi connectivity index (χ3n) is 3.63. The first-order valence-electron chi connectivity index (χ1n) is 6.89. The van der Waals surface area contributed by atoms with E-state index in [-0.39, 0.29) is 6.04 Å². The number of hydrogen-bond acceptors (Lipinski definition) is 3. The molecule has 4 heteroatoms. The van der Waals surface area contributed by atoms with Crippen molar-refractivity contribution in [1.29, 1.82) is 0 Å². The van der Waals surface area contributed by atoms with Crippen LogP contribution in [-0.4, -0.2) is 18.0 Å². The molecule has 0 aliphatic carbocycles. The Morgan fingerprint density at radius 1 is 1.25 bits per heavy atom. The van der Waals surface area contributed by atoms with Gasteiger partial charge in [0.05, 0.1) is 9.83 Å². The van der Waals surface area contributed by atoms with Crippen molar-refractivity contribution in [2.24, 2.45) is 5.73 Å². The summed E-state index contributed by atoms with van der Waals surface area (Å²) in [6.07, 6.45) is 0. The highest BCUT2D eigenvalue weighted by Gasteiger charge is 2.20. The van der Waals surface area contributed by atoms with Crippen molar-refractivity contribution in [1.82, 2.24) is 4.90 Å². The Morgan fingerprint density at radius 2 is 2.00 bits per heavy atom. The predicted octanol–water partition coefficient (Wildman–Crippen LogP) is 4.34. The molecule has 2 N–H and O–H groups in total. The summed E-state index contributed by atoms with van der Waals surface area (Å²) in [6, 6.07) is 13.1. The lowest BCUT2D eigenvalue weighted by molar-refractivity contribution is 0.206. The third-order valence-corrected chi connectivity index (χ3v) is 5.35. The summed E-state index contributed by atoms with van der Waals surface area (Å²) < 4.78 is 1.16. The molecule has 20 heavy (non-hydrogen) atoms. The van der Waals surface area contributed by atoms with Crippen LogP contribution in [0.4, 0.5) is 0 Å². The normalized spacial score (nSPS) is 12.8. The van der Waals surface area contributed by atoms with Gasteiger partial charge in [0, 0.05) is 18.0 Å². The SMILES string of the molecule is CCN(Cc1ccccc1C)C(CN)c1ccc(Br)s1. The molecule has 108 valence electrons. The minimum absolute atomic E-state index is 0.288. The molecular formula is C16H21BrN2S. The summed E-state index contributed by atoms with van der Waals surface area (Å²) in [7, 11) is 0. The number of halogens is 1. The van der Waals surface area contributed by atoms with Crippen molar-refractivity contribution in [3.63, 3.8) is 0 Å². The Bertz CT molecular complexity index is 553. The van der Waals surface area contributed by atoms with E-state index in [0.717, 1.165) is 16.9 Å². The minimum atomic E-state index is 0.288. The number of nitrogens with zero attached hydrogens (tertiary/aromatic N) is 1. The maximum absolute atomic E-state index is 6.03. The molecule has 0 saturated carbocycles. The van der Waals surface area contributed by atoms with Crippen LogP contribution < -0.4 is 5.73 Å². The summed E-state index contributed by atoms with van der Waals surface area (Å²) in [4.78, 5) is 3.77. The molecule has 0 radical (unpaired) electrons. The lowest BCUT2D eigenvalue weighted by atomic mass is 10.1. The van der Waals surface area contributed by atoms with Crippen LogP contribution in [0.5, 0.6) is 0 Å². The van der Waals surface area contributed by atoms with Gasteiger partial charge in [0.15, 0.2) is 0 Å². The van der Waals surface area contributed by atoms with Gasteiger partial charge in [0.2, 0.25) is 0 Å². The Labute approximate surface area is 133 Å². The molecule has 0 aliphatic rings. The first-order valence-corrected chi connectivity index (χ1v) is 8.50. The number of benzene rings is 1. The van der Waals surface area contributed by atoms with E-state index in [1.807, 2.05) is 0 Å². The van der Waals surface area contributed by atoms with Gasteiger partial charge in [-0.2, -0.15) is 0 Å². The molecule has 0 aliphatic heterocycles. The third kappa shape index (κ3) is 3.70. The van der Waals surface area contributed by atoms with Gasteiger partial charge in [0.25, 0.3) is 0 Å². The average Bonchev–Trinajstić information content (AvgIpc) is 2.87. The standard InChI is InChI=1S/C16H21BrN2S/c1-3-19(11-13-7-5-4-6-12(13)2)14(10-18)15-8-9-16(17)20-15/h4-9,14H,3,10-11,18H2,1-2H3. The summed E-state index contributed by atoms with van der Waals surface area (Å²) in [5, 5.41) is 0. The number of likely N-dealkylation sites (N-methyl/N-ethyl adjacent to an activating group) is 1. The first kappa shape index (κ1) is 15.7. The van der Waals surface area contributed by atoms with E-state index in [0.29, 0.717) is 6.54 Å². The first-order chi connectivity index (χ1) is 9.65. The molecule has 2 rings (SSSR count). The lowest BCUT2D eigenvalue weighted by Crippen LogP contribution is -2.33. The summed E-state index contributed by atoms with van der Waals surface area (Å²) >= 11 is 5.31. The lowest BCUT2D eigenvalue weighted by Gasteiger charge is -2.29. The predicted molar refractivity (Wildman–Crippen MR) is 91.1 cm³/mol. The number of rotatable bonds is 6. The van der Waals surface area contributed by atoms with E-state index in [2.05, 4.69) is 71.1 Å². The molecule has 1 atom stereocenters. The Hall–Kier alpha value is -0.680. The van der Waals surface area contributed by atoms with Gasteiger partial charge in [-0.05, 0) is 52.7 Å². The fourth-order valence-electron chi connectivity index (χ4n) is 2.40. The maximum Gasteiger partial charge on any atom is 0.0702 e. The van der Waals surface area contributed by atoms with E-state index in [1.54, 1.807) is 11.3 Å². The van der Waals surface area contributed by atoms with Gasteiger partial charge in [-0.25, -0.2) is 0 Å². The van der Waals surface area contributed by atoms with Gasteiger partial charge in [-0.3, -0.25) is 4.90 Å². The van der Waals surface area contributed by atoms with E-state index in [4.69, 9.17) is 5.73 Å². The molecule has 1 aromatic carbocycles. The molecule has 0 fully saturated rings. The Balaban J connectivity index is 2.20. The smallest absolute Gasteiger partial charge is 0.0702 e. The molecule has 2 nitrogen and oxygen atoms in total. The quantitative estimate of drug-likeness (QED) is 0.837. The monoisotopic (exact) mass is 352 g/mol. The topological polar surface area (TPSA) is 29.3 Å². The fourth-order valence-corrected chi connectivity index (χ4v) is 3.97. The zero-order chi connectivity index (χ0) is 14.5. The van der Waals surface area contributed by atoms with Crippen LogP contribution in [0.1, 0.15) is 29.0 Å². The van der Waals surface area contributed by atoms with Crippen molar-refractivity contribution >= 4 is 27.3 Å². The molecule has 0 spiro atoms. The van der Waals surface area contributed by atoms with E-state index in [9.17, 15) is 0 Å². The van der Waals surface area contributed by atoms with Gasteiger partial charge in [0.1, 0.15) is 0 Å². The second-order valence-electron chi connectivity index (χ2n) is 4.88. The molecule has 0 bridgehead atoms. The van der Waals surface area contributed by atoms with Crippen LogP contribution in [0.15, 0.2) is 40.2 Å². The number of nitrogens with two attached hydrogens (primary N) is 1.